The summed E-state index contributed by atoms with van der Waals surface area (Å²) in [4.78, 5) is 28.4. The maximum absolute atomic E-state index is 13.5. The molecule has 0 aliphatic carbocycles. The first-order chi connectivity index (χ1) is 16.3. The van der Waals surface area contributed by atoms with Crippen LogP contribution in [0.5, 0.6) is 5.75 Å². The number of hydrogen-bond donors (Lipinski definition) is 1. The third kappa shape index (κ3) is 8.02. The number of hydrogen-bond acceptors (Lipinski definition) is 3. The first kappa shape index (κ1) is 26.0. The lowest BCUT2D eigenvalue weighted by molar-refractivity contribution is -0.143. The summed E-state index contributed by atoms with van der Waals surface area (Å²) in [6, 6.07) is 23.7. The predicted octanol–water partition coefficient (Wildman–Crippen LogP) is 5.49. The topological polar surface area (TPSA) is 58.6 Å². The van der Waals surface area contributed by atoms with Gasteiger partial charge in [0.15, 0.2) is 6.61 Å². The highest BCUT2D eigenvalue weighted by Crippen LogP contribution is 2.19. The fourth-order valence-corrected chi connectivity index (χ4v) is 4.10. The van der Waals surface area contributed by atoms with Crippen LogP contribution in [0, 0.1) is 3.57 Å². The first-order valence-corrected chi connectivity index (χ1v) is 12.5. The monoisotopic (exact) mass is 590 g/mol. The summed E-state index contributed by atoms with van der Waals surface area (Å²) in [7, 11) is 0. The van der Waals surface area contributed by atoms with E-state index in [2.05, 4.69) is 27.9 Å². The zero-order chi connectivity index (χ0) is 24.5. The van der Waals surface area contributed by atoms with Gasteiger partial charge in [-0.25, -0.2) is 0 Å². The van der Waals surface area contributed by atoms with Gasteiger partial charge < -0.3 is 15.0 Å². The molecule has 2 amide bonds. The van der Waals surface area contributed by atoms with Crippen molar-refractivity contribution in [3.05, 3.63) is 98.6 Å². The number of nitrogens with one attached hydrogen (secondary N) is 1. The van der Waals surface area contributed by atoms with E-state index >= 15 is 0 Å². The first-order valence-electron chi connectivity index (χ1n) is 11.1. The molecular weight excluding hydrogens is 563 g/mol. The molecule has 0 aliphatic heterocycles. The molecule has 5 nitrogen and oxygen atoms in total. The van der Waals surface area contributed by atoms with E-state index in [-0.39, 0.29) is 31.0 Å². The molecule has 178 valence electrons. The third-order valence-electron chi connectivity index (χ3n) is 5.12. The van der Waals surface area contributed by atoms with Gasteiger partial charge in [0.25, 0.3) is 5.91 Å². The molecule has 0 fully saturated rings. The van der Waals surface area contributed by atoms with Crippen LogP contribution in [0.15, 0.2) is 78.9 Å². The minimum atomic E-state index is -0.711. The summed E-state index contributed by atoms with van der Waals surface area (Å²) in [6.45, 7) is 3.86. The normalized spacial score (nSPS) is 11.7. The Morgan fingerprint density at radius 1 is 0.971 bits per heavy atom. The highest BCUT2D eigenvalue weighted by Gasteiger charge is 2.31. The lowest BCUT2D eigenvalue weighted by Gasteiger charge is -2.32. The van der Waals surface area contributed by atoms with Crippen molar-refractivity contribution in [1.29, 1.82) is 0 Å². The number of amides is 2. The van der Waals surface area contributed by atoms with Crippen molar-refractivity contribution in [3.8, 4) is 5.75 Å². The minimum absolute atomic E-state index is 0.0584. The van der Waals surface area contributed by atoms with Crippen LogP contribution in [0.1, 0.15) is 25.0 Å². The molecule has 0 unspecified atom stereocenters. The van der Waals surface area contributed by atoms with Crippen LogP contribution >= 0.6 is 34.2 Å². The Labute approximate surface area is 219 Å². The van der Waals surface area contributed by atoms with Gasteiger partial charge in [0.2, 0.25) is 5.91 Å². The van der Waals surface area contributed by atoms with Crippen molar-refractivity contribution in [2.75, 3.05) is 6.61 Å². The Kier molecular flexibility index (Phi) is 9.77. The molecule has 0 saturated carbocycles. The summed E-state index contributed by atoms with van der Waals surface area (Å²) >= 11 is 8.41. The summed E-state index contributed by atoms with van der Waals surface area (Å²) < 4.78 is 6.85. The quantitative estimate of drug-likeness (QED) is 0.318. The zero-order valence-electron chi connectivity index (χ0n) is 19.2. The van der Waals surface area contributed by atoms with E-state index in [1.165, 1.54) is 0 Å². The number of benzene rings is 3. The summed E-state index contributed by atoms with van der Waals surface area (Å²) in [5.41, 5.74) is 1.80. The van der Waals surface area contributed by atoms with Gasteiger partial charge in [0.1, 0.15) is 11.8 Å². The van der Waals surface area contributed by atoms with E-state index in [0.717, 1.165) is 14.7 Å². The van der Waals surface area contributed by atoms with E-state index in [0.29, 0.717) is 17.2 Å². The van der Waals surface area contributed by atoms with E-state index in [4.69, 9.17) is 16.3 Å². The van der Waals surface area contributed by atoms with Crippen LogP contribution in [0.3, 0.4) is 0 Å². The van der Waals surface area contributed by atoms with Crippen LogP contribution in [0.4, 0.5) is 0 Å². The van der Waals surface area contributed by atoms with Crippen molar-refractivity contribution >= 4 is 46.0 Å². The van der Waals surface area contributed by atoms with Crippen LogP contribution < -0.4 is 10.1 Å². The largest absolute Gasteiger partial charge is 0.484 e. The summed E-state index contributed by atoms with van der Waals surface area (Å²) in [5.74, 6) is 0.115. The Hall–Kier alpha value is -2.58. The van der Waals surface area contributed by atoms with Crippen molar-refractivity contribution < 1.29 is 14.3 Å². The van der Waals surface area contributed by atoms with Crippen LogP contribution in [-0.4, -0.2) is 35.4 Å². The number of carbonyl (C=O) groups excluding carboxylic acids is 2. The molecule has 3 rings (SSSR count). The Morgan fingerprint density at radius 3 is 2.29 bits per heavy atom. The fourth-order valence-electron chi connectivity index (χ4n) is 3.53. The van der Waals surface area contributed by atoms with E-state index in [1.54, 1.807) is 11.0 Å². The molecule has 7 heteroatoms. The predicted molar refractivity (Wildman–Crippen MR) is 144 cm³/mol. The number of carbonyl (C=O) groups is 2. The highest BCUT2D eigenvalue weighted by atomic mass is 127. The third-order valence-corrected chi connectivity index (χ3v) is 6.07. The van der Waals surface area contributed by atoms with E-state index < -0.39 is 6.04 Å². The molecule has 0 bridgehead atoms. The number of nitrogens with zero attached hydrogens (tertiary/aromatic N) is 1. The van der Waals surface area contributed by atoms with Crippen LogP contribution in [0.2, 0.25) is 5.02 Å². The fraction of sp³-hybridized carbons (Fsp3) is 0.259. The van der Waals surface area contributed by atoms with Crippen molar-refractivity contribution in [3.63, 3.8) is 0 Å². The molecule has 0 spiro atoms. The Balaban J connectivity index is 1.90. The molecule has 1 N–H and O–H groups in total. The smallest absolute Gasteiger partial charge is 0.261 e. The van der Waals surface area contributed by atoms with E-state index in [9.17, 15) is 9.59 Å². The minimum Gasteiger partial charge on any atom is -0.484 e. The SMILES string of the molecule is CC(C)NC(=O)[C@@H](Cc1ccccc1)N(Cc1cccc(Cl)c1)C(=O)COc1ccc(I)cc1. The van der Waals surface area contributed by atoms with Crippen molar-refractivity contribution in [1.82, 2.24) is 10.2 Å². The standard InChI is InChI=1S/C27H28ClIN2O3/c1-19(2)30-27(33)25(16-20-7-4-3-5-8-20)31(17-21-9-6-10-22(28)15-21)26(32)18-34-24-13-11-23(29)12-14-24/h3-15,19,25H,16-18H2,1-2H3,(H,30,33)/t25-/m1/s1. The maximum atomic E-state index is 13.5. The van der Waals surface area contributed by atoms with Crippen LogP contribution in [-0.2, 0) is 22.6 Å². The molecule has 3 aromatic rings. The van der Waals surface area contributed by atoms with Gasteiger partial charge in [-0.2, -0.15) is 0 Å². The summed E-state index contributed by atoms with van der Waals surface area (Å²) in [5, 5.41) is 3.55. The van der Waals surface area contributed by atoms with Crippen LogP contribution in [0.25, 0.3) is 0 Å². The van der Waals surface area contributed by atoms with Crippen molar-refractivity contribution in [2.24, 2.45) is 0 Å². The Bertz CT molecular complexity index is 1090. The average molecular weight is 591 g/mol. The van der Waals surface area contributed by atoms with Crippen molar-refractivity contribution in [2.45, 2.75) is 38.9 Å². The summed E-state index contributed by atoms with van der Waals surface area (Å²) in [6.07, 6.45) is 0.384. The van der Waals surface area contributed by atoms with Gasteiger partial charge in [-0.05, 0) is 84.0 Å². The number of ether oxygens (including phenoxy) is 1. The highest BCUT2D eigenvalue weighted by molar-refractivity contribution is 14.1. The Morgan fingerprint density at radius 2 is 1.65 bits per heavy atom. The number of halogens is 2. The second kappa shape index (κ2) is 12.8. The second-order valence-electron chi connectivity index (χ2n) is 8.26. The molecule has 0 aliphatic rings. The lowest BCUT2D eigenvalue weighted by Crippen LogP contribution is -2.52. The van der Waals surface area contributed by atoms with E-state index in [1.807, 2.05) is 86.6 Å². The van der Waals surface area contributed by atoms with Gasteiger partial charge in [0.05, 0.1) is 0 Å². The molecule has 0 aromatic heterocycles. The zero-order valence-corrected chi connectivity index (χ0v) is 22.1. The molecule has 3 aromatic carbocycles. The maximum Gasteiger partial charge on any atom is 0.261 e. The second-order valence-corrected chi connectivity index (χ2v) is 9.95. The lowest BCUT2D eigenvalue weighted by atomic mass is 10.0. The average Bonchev–Trinajstić information content (AvgIpc) is 2.81. The van der Waals surface area contributed by atoms with Gasteiger partial charge in [-0.15, -0.1) is 0 Å². The molecule has 0 saturated heterocycles. The van der Waals surface area contributed by atoms with Gasteiger partial charge in [-0.1, -0.05) is 54.1 Å². The number of rotatable bonds is 10. The van der Waals surface area contributed by atoms with Gasteiger partial charge >= 0.3 is 0 Å². The van der Waals surface area contributed by atoms with Gasteiger partial charge in [-0.3, -0.25) is 9.59 Å². The molecular formula is C27H28ClIN2O3. The molecule has 1 atom stereocenters. The molecule has 0 heterocycles. The van der Waals surface area contributed by atoms with Gasteiger partial charge in [0, 0.05) is 27.6 Å². The molecule has 34 heavy (non-hydrogen) atoms. The molecule has 0 radical (unpaired) electrons.